The minimum absolute atomic E-state index is 0.444. The van der Waals surface area contributed by atoms with E-state index in [-0.39, 0.29) is 0 Å². The Balaban J connectivity index is 1.49. The molecule has 6 heteroatoms. The molecule has 2 atom stereocenters. The molecule has 136 valence electrons. The molecule has 2 heterocycles. The number of H-pyrrole nitrogens is 1. The number of nitrogens with zero attached hydrogens (tertiary/aromatic N) is 3. The van der Waals surface area contributed by atoms with Gasteiger partial charge in [-0.15, -0.1) is 0 Å². The number of guanidine groups is 1. The summed E-state index contributed by atoms with van der Waals surface area (Å²) >= 11 is 0. The number of fused-ring (bicyclic) bond motifs is 1. The lowest BCUT2D eigenvalue weighted by atomic mass is 10.1. The average Bonchev–Trinajstić information content (AvgIpc) is 3.17. The predicted octanol–water partition coefficient (Wildman–Crippen LogP) is 2.00. The summed E-state index contributed by atoms with van der Waals surface area (Å²) in [7, 11) is 1.83. The summed E-state index contributed by atoms with van der Waals surface area (Å²) < 4.78 is 0. The number of hydrogen-bond acceptors (Lipinski definition) is 3. The first kappa shape index (κ1) is 17.7. The number of hydrogen-bond donors (Lipinski definition) is 3. The molecule has 3 rings (SSSR count). The molecule has 0 spiro atoms. The van der Waals surface area contributed by atoms with E-state index in [4.69, 9.17) is 0 Å². The number of rotatable bonds is 5. The molecular weight excluding hydrogens is 312 g/mol. The number of aromatic amines is 1. The summed E-state index contributed by atoms with van der Waals surface area (Å²) in [5.74, 6) is 2.50. The summed E-state index contributed by atoms with van der Waals surface area (Å²) in [6, 6.07) is 9.17. The van der Waals surface area contributed by atoms with E-state index in [9.17, 15) is 0 Å². The van der Waals surface area contributed by atoms with Crippen molar-refractivity contribution >= 4 is 17.0 Å². The highest BCUT2D eigenvalue weighted by Crippen LogP contribution is 2.18. The van der Waals surface area contributed by atoms with E-state index < -0.39 is 0 Å². The molecule has 1 aliphatic heterocycles. The third-order valence-electron chi connectivity index (χ3n) is 5.01. The lowest BCUT2D eigenvalue weighted by Crippen LogP contribution is -2.47. The highest BCUT2D eigenvalue weighted by atomic mass is 15.3. The molecule has 1 aromatic carbocycles. The summed E-state index contributed by atoms with van der Waals surface area (Å²) in [5.41, 5.74) is 2.11. The van der Waals surface area contributed by atoms with Gasteiger partial charge in [-0.3, -0.25) is 9.89 Å². The van der Waals surface area contributed by atoms with Gasteiger partial charge in [0.1, 0.15) is 5.82 Å². The van der Waals surface area contributed by atoms with Crippen molar-refractivity contribution < 1.29 is 0 Å². The first-order chi connectivity index (χ1) is 12.1. The molecule has 1 aliphatic rings. The van der Waals surface area contributed by atoms with Gasteiger partial charge >= 0.3 is 0 Å². The second-order valence-electron chi connectivity index (χ2n) is 7.23. The van der Waals surface area contributed by atoms with Gasteiger partial charge in [0.25, 0.3) is 0 Å². The fourth-order valence-electron chi connectivity index (χ4n) is 3.41. The second-order valence-corrected chi connectivity index (χ2v) is 7.23. The molecule has 1 saturated heterocycles. The second kappa shape index (κ2) is 7.87. The minimum atomic E-state index is 0.444. The van der Waals surface area contributed by atoms with Crippen LogP contribution in [0.25, 0.3) is 11.0 Å². The van der Waals surface area contributed by atoms with E-state index in [0.717, 1.165) is 48.9 Å². The lowest BCUT2D eigenvalue weighted by molar-refractivity contribution is 0.265. The third kappa shape index (κ3) is 4.31. The van der Waals surface area contributed by atoms with Crippen molar-refractivity contribution in [3.05, 3.63) is 30.1 Å². The van der Waals surface area contributed by atoms with Crippen LogP contribution in [-0.2, 0) is 6.42 Å². The normalized spacial score (nSPS) is 22.0. The lowest BCUT2D eigenvalue weighted by Gasteiger charge is -2.21. The molecule has 2 unspecified atom stereocenters. The molecule has 1 aromatic heterocycles. The molecule has 0 aliphatic carbocycles. The molecule has 0 amide bonds. The Labute approximate surface area is 150 Å². The van der Waals surface area contributed by atoms with Crippen molar-refractivity contribution in [2.75, 3.05) is 26.7 Å². The predicted molar refractivity (Wildman–Crippen MR) is 104 cm³/mol. The number of imidazole rings is 1. The van der Waals surface area contributed by atoms with E-state index in [1.165, 1.54) is 0 Å². The number of likely N-dealkylation sites (tertiary alicyclic amines) is 1. The molecular formula is C19H30N6. The van der Waals surface area contributed by atoms with Crippen molar-refractivity contribution in [2.24, 2.45) is 10.9 Å². The van der Waals surface area contributed by atoms with E-state index >= 15 is 0 Å². The van der Waals surface area contributed by atoms with Gasteiger partial charge in [-0.1, -0.05) is 19.1 Å². The molecule has 0 radical (unpaired) electrons. The number of aromatic nitrogens is 2. The molecule has 6 nitrogen and oxygen atoms in total. The maximum Gasteiger partial charge on any atom is 0.191 e. The van der Waals surface area contributed by atoms with Crippen LogP contribution in [-0.4, -0.2) is 59.6 Å². The SMILES string of the molecule is CN=C(NCCc1nc2ccccc2[nH]1)NC1CN(C(C)C)CC1C. The smallest absolute Gasteiger partial charge is 0.191 e. The van der Waals surface area contributed by atoms with Crippen LogP contribution in [0.5, 0.6) is 0 Å². The van der Waals surface area contributed by atoms with Crippen LogP contribution in [0.1, 0.15) is 26.6 Å². The fraction of sp³-hybridized carbons (Fsp3) is 0.579. The molecule has 0 bridgehead atoms. The van der Waals surface area contributed by atoms with Crippen molar-refractivity contribution in [3.63, 3.8) is 0 Å². The van der Waals surface area contributed by atoms with Crippen LogP contribution in [0.4, 0.5) is 0 Å². The van der Waals surface area contributed by atoms with Gasteiger partial charge in [-0.25, -0.2) is 4.98 Å². The zero-order chi connectivity index (χ0) is 17.8. The van der Waals surface area contributed by atoms with Gasteiger partial charge in [0.15, 0.2) is 5.96 Å². The van der Waals surface area contributed by atoms with Gasteiger partial charge in [-0.2, -0.15) is 0 Å². The molecule has 1 fully saturated rings. The van der Waals surface area contributed by atoms with Crippen LogP contribution in [0.2, 0.25) is 0 Å². The number of para-hydroxylation sites is 2. The van der Waals surface area contributed by atoms with Gasteiger partial charge in [0.05, 0.1) is 11.0 Å². The highest BCUT2D eigenvalue weighted by molar-refractivity contribution is 5.80. The van der Waals surface area contributed by atoms with Crippen LogP contribution < -0.4 is 10.6 Å². The average molecular weight is 342 g/mol. The van der Waals surface area contributed by atoms with Gasteiger partial charge in [0.2, 0.25) is 0 Å². The van der Waals surface area contributed by atoms with Crippen molar-refractivity contribution in [3.8, 4) is 0 Å². The fourth-order valence-corrected chi connectivity index (χ4v) is 3.41. The third-order valence-corrected chi connectivity index (χ3v) is 5.01. The molecule has 25 heavy (non-hydrogen) atoms. The summed E-state index contributed by atoms with van der Waals surface area (Å²) in [4.78, 5) is 14.9. The Bertz CT molecular complexity index is 687. The van der Waals surface area contributed by atoms with Gasteiger partial charge in [0, 0.05) is 45.2 Å². The molecule has 2 aromatic rings. The van der Waals surface area contributed by atoms with Gasteiger partial charge < -0.3 is 15.6 Å². The number of aliphatic imine (C=N–C) groups is 1. The van der Waals surface area contributed by atoms with E-state index in [1.54, 1.807) is 0 Å². The topological polar surface area (TPSA) is 68.3 Å². The summed E-state index contributed by atoms with van der Waals surface area (Å²) in [6.45, 7) is 9.84. The monoisotopic (exact) mass is 342 g/mol. The standard InChI is InChI=1S/C19H30N6/c1-13(2)25-11-14(3)17(12-25)24-19(20-4)21-10-9-18-22-15-7-5-6-8-16(15)23-18/h5-8,13-14,17H,9-12H2,1-4H3,(H,22,23)(H2,20,21,24). The minimum Gasteiger partial charge on any atom is -0.356 e. The number of benzene rings is 1. The maximum absolute atomic E-state index is 4.62. The van der Waals surface area contributed by atoms with Crippen molar-refractivity contribution in [2.45, 2.75) is 39.3 Å². The number of nitrogens with one attached hydrogen (secondary N) is 3. The van der Waals surface area contributed by atoms with Crippen LogP contribution in [0.15, 0.2) is 29.3 Å². The Kier molecular flexibility index (Phi) is 5.58. The van der Waals surface area contributed by atoms with Crippen LogP contribution in [0.3, 0.4) is 0 Å². The summed E-state index contributed by atoms with van der Waals surface area (Å²) in [5, 5.41) is 6.99. The quantitative estimate of drug-likeness (QED) is 0.574. The Morgan fingerprint density at radius 1 is 1.36 bits per heavy atom. The zero-order valence-corrected chi connectivity index (χ0v) is 15.7. The molecule has 0 saturated carbocycles. The molecule has 3 N–H and O–H groups in total. The van der Waals surface area contributed by atoms with E-state index in [2.05, 4.69) is 57.3 Å². The van der Waals surface area contributed by atoms with Crippen LogP contribution >= 0.6 is 0 Å². The van der Waals surface area contributed by atoms with Crippen molar-refractivity contribution in [1.82, 2.24) is 25.5 Å². The first-order valence-corrected chi connectivity index (χ1v) is 9.21. The van der Waals surface area contributed by atoms with Crippen LogP contribution in [0, 0.1) is 5.92 Å². The first-order valence-electron chi connectivity index (χ1n) is 9.21. The van der Waals surface area contributed by atoms with Crippen molar-refractivity contribution in [1.29, 1.82) is 0 Å². The highest BCUT2D eigenvalue weighted by Gasteiger charge is 2.31. The maximum atomic E-state index is 4.62. The van der Waals surface area contributed by atoms with Gasteiger partial charge in [-0.05, 0) is 31.9 Å². The Morgan fingerprint density at radius 2 is 2.16 bits per heavy atom. The Morgan fingerprint density at radius 3 is 2.84 bits per heavy atom. The van der Waals surface area contributed by atoms with E-state index in [0.29, 0.717) is 18.0 Å². The van der Waals surface area contributed by atoms with E-state index in [1.807, 2.05) is 25.2 Å². The largest absolute Gasteiger partial charge is 0.356 e. The zero-order valence-electron chi connectivity index (χ0n) is 15.7. The Hall–Kier alpha value is -2.08. The summed E-state index contributed by atoms with van der Waals surface area (Å²) in [6.07, 6.45) is 0.841.